The van der Waals surface area contributed by atoms with Crippen LogP contribution in [0.2, 0.25) is 0 Å². The first-order valence-electron chi connectivity index (χ1n) is 9.48. The fourth-order valence-electron chi connectivity index (χ4n) is 3.94. The van der Waals surface area contributed by atoms with Crippen LogP contribution >= 0.6 is 12.4 Å². The maximum absolute atomic E-state index is 13.0. The number of piperidine rings is 2. The lowest BCUT2D eigenvalue weighted by Crippen LogP contribution is -2.40. The van der Waals surface area contributed by atoms with Crippen LogP contribution in [0.4, 0.5) is 0 Å². The van der Waals surface area contributed by atoms with E-state index in [0.717, 1.165) is 25.7 Å². The van der Waals surface area contributed by atoms with Crippen LogP contribution in [0, 0.1) is 11.8 Å². The molecule has 154 valence electrons. The average molecular weight is 419 g/mol. The van der Waals surface area contributed by atoms with Crippen LogP contribution in [-0.4, -0.2) is 60.8 Å². The Balaban J connectivity index is 0.00000261. The Labute approximate surface area is 168 Å². The number of hydrogen-bond acceptors (Lipinski definition) is 4. The molecule has 1 atom stereocenters. The number of nitrogens with two attached hydrogens (primary N) is 1. The van der Waals surface area contributed by atoms with E-state index < -0.39 is 10.0 Å². The summed E-state index contributed by atoms with van der Waals surface area (Å²) in [7, 11) is -1.81. The van der Waals surface area contributed by atoms with Crippen LogP contribution in [0.15, 0.2) is 17.2 Å². The van der Waals surface area contributed by atoms with Gasteiger partial charge in [-0.3, -0.25) is 4.79 Å². The zero-order valence-electron chi connectivity index (χ0n) is 16.1. The first kappa shape index (κ1) is 22.2. The molecule has 1 aromatic rings. The lowest BCUT2D eigenvalue weighted by atomic mass is 9.97. The number of likely N-dealkylation sites (tertiary alicyclic amines) is 1. The van der Waals surface area contributed by atoms with E-state index in [1.54, 1.807) is 27.0 Å². The summed E-state index contributed by atoms with van der Waals surface area (Å²) < 4.78 is 29.1. The number of amides is 1. The molecule has 0 saturated carbocycles. The SMILES string of the molecule is CC1CCCN(S(=O)(=O)c2cc(C(=O)N3CCC(CN)CC3)n(C)c2)C1.Cl. The molecule has 0 bridgehead atoms. The maximum atomic E-state index is 13.0. The van der Waals surface area contributed by atoms with Gasteiger partial charge in [0, 0.05) is 39.4 Å². The lowest BCUT2D eigenvalue weighted by Gasteiger charge is -2.31. The maximum Gasteiger partial charge on any atom is 0.270 e. The predicted octanol–water partition coefficient (Wildman–Crippen LogP) is 1.68. The van der Waals surface area contributed by atoms with E-state index in [4.69, 9.17) is 5.73 Å². The highest BCUT2D eigenvalue weighted by molar-refractivity contribution is 7.89. The molecular weight excluding hydrogens is 388 g/mol. The van der Waals surface area contributed by atoms with Gasteiger partial charge in [0.2, 0.25) is 10.0 Å². The molecule has 0 spiro atoms. The predicted molar refractivity (Wildman–Crippen MR) is 107 cm³/mol. The Kier molecular flexibility index (Phi) is 7.35. The first-order valence-corrected chi connectivity index (χ1v) is 10.9. The second-order valence-corrected chi connectivity index (χ2v) is 9.69. The van der Waals surface area contributed by atoms with E-state index in [0.29, 0.717) is 50.3 Å². The van der Waals surface area contributed by atoms with Gasteiger partial charge >= 0.3 is 0 Å². The second kappa shape index (κ2) is 8.94. The zero-order chi connectivity index (χ0) is 18.9. The monoisotopic (exact) mass is 418 g/mol. The van der Waals surface area contributed by atoms with Crippen molar-refractivity contribution in [1.82, 2.24) is 13.8 Å². The number of sulfonamides is 1. The van der Waals surface area contributed by atoms with Crippen LogP contribution < -0.4 is 5.73 Å². The van der Waals surface area contributed by atoms with Gasteiger partial charge in [0.25, 0.3) is 5.91 Å². The summed E-state index contributed by atoms with van der Waals surface area (Å²) in [6.07, 6.45) is 5.32. The molecule has 3 rings (SSSR count). The van der Waals surface area contributed by atoms with Gasteiger partial charge in [-0.2, -0.15) is 4.31 Å². The summed E-state index contributed by atoms with van der Waals surface area (Å²) in [5, 5.41) is 0. The number of halogens is 1. The number of rotatable bonds is 4. The summed E-state index contributed by atoms with van der Waals surface area (Å²) >= 11 is 0. The van der Waals surface area contributed by atoms with Gasteiger partial charge in [-0.05, 0) is 50.1 Å². The highest BCUT2D eigenvalue weighted by atomic mass is 35.5. The van der Waals surface area contributed by atoms with Crippen molar-refractivity contribution < 1.29 is 13.2 Å². The molecule has 7 nitrogen and oxygen atoms in total. The minimum atomic E-state index is -3.55. The molecule has 0 radical (unpaired) electrons. The standard InChI is InChI=1S/C18H30N4O3S.ClH/c1-14-4-3-7-22(12-14)26(24,25)16-10-17(20(2)13-16)18(23)21-8-5-15(11-19)6-9-21;/h10,13-15H,3-9,11-12,19H2,1-2H3;1H. The second-order valence-electron chi connectivity index (χ2n) is 7.75. The first-order chi connectivity index (χ1) is 12.3. The van der Waals surface area contributed by atoms with Crippen molar-refractivity contribution in [1.29, 1.82) is 0 Å². The Hall–Kier alpha value is -1.09. The van der Waals surface area contributed by atoms with Crippen molar-refractivity contribution in [3.05, 3.63) is 18.0 Å². The fourth-order valence-corrected chi connectivity index (χ4v) is 5.61. The van der Waals surface area contributed by atoms with E-state index in [1.807, 2.05) is 0 Å². The van der Waals surface area contributed by atoms with Gasteiger partial charge in [0.15, 0.2) is 0 Å². The van der Waals surface area contributed by atoms with Crippen LogP contribution in [-0.2, 0) is 17.1 Å². The van der Waals surface area contributed by atoms with Crippen LogP contribution in [0.25, 0.3) is 0 Å². The number of carbonyl (C=O) groups is 1. The highest BCUT2D eigenvalue weighted by Gasteiger charge is 2.32. The fraction of sp³-hybridized carbons (Fsp3) is 0.722. The minimum absolute atomic E-state index is 0. The van der Waals surface area contributed by atoms with Crippen molar-refractivity contribution in [2.75, 3.05) is 32.7 Å². The molecular formula is C18H31ClN4O3S. The van der Waals surface area contributed by atoms with Gasteiger partial charge in [-0.25, -0.2) is 8.42 Å². The number of aryl methyl sites for hydroxylation is 1. The zero-order valence-corrected chi connectivity index (χ0v) is 17.8. The third-order valence-electron chi connectivity index (χ3n) is 5.69. The highest BCUT2D eigenvalue weighted by Crippen LogP contribution is 2.26. The van der Waals surface area contributed by atoms with Gasteiger partial charge in [-0.1, -0.05) is 6.92 Å². The summed E-state index contributed by atoms with van der Waals surface area (Å²) in [5.41, 5.74) is 6.14. The number of carbonyl (C=O) groups excluding carboxylic acids is 1. The third-order valence-corrected chi connectivity index (χ3v) is 7.52. The Morgan fingerprint density at radius 2 is 1.89 bits per heavy atom. The molecule has 27 heavy (non-hydrogen) atoms. The van der Waals surface area contributed by atoms with Gasteiger partial charge in [0.1, 0.15) is 10.6 Å². The van der Waals surface area contributed by atoms with E-state index in [9.17, 15) is 13.2 Å². The molecule has 2 aliphatic rings. The average Bonchev–Trinajstić information content (AvgIpc) is 3.03. The summed E-state index contributed by atoms with van der Waals surface area (Å²) in [6, 6.07) is 1.53. The van der Waals surface area contributed by atoms with Crippen LogP contribution in [0.5, 0.6) is 0 Å². The molecule has 1 amide bonds. The quantitative estimate of drug-likeness (QED) is 0.805. The molecule has 2 aliphatic heterocycles. The van der Waals surface area contributed by atoms with Gasteiger partial charge in [0.05, 0.1) is 0 Å². The van der Waals surface area contributed by atoms with Crippen molar-refractivity contribution >= 4 is 28.3 Å². The van der Waals surface area contributed by atoms with E-state index in [1.165, 1.54) is 6.07 Å². The molecule has 2 N–H and O–H groups in total. The molecule has 0 aromatic carbocycles. The van der Waals surface area contributed by atoms with Crippen molar-refractivity contribution in [3.8, 4) is 0 Å². The van der Waals surface area contributed by atoms with E-state index in [-0.39, 0.29) is 23.2 Å². The third kappa shape index (κ3) is 4.67. The Bertz CT molecular complexity index is 757. The Morgan fingerprint density at radius 3 is 2.48 bits per heavy atom. The van der Waals surface area contributed by atoms with Gasteiger partial charge < -0.3 is 15.2 Å². The summed E-state index contributed by atoms with van der Waals surface area (Å²) in [5.74, 6) is 0.744. The lowest BCUT2D eigenvalue weighted by molar-refractivity contribution is 0.0683. The van der Waals surface area contributed by atoms with Gasteiger partial charge in [-0.15, -0.1) is 12.4 Å². The normalized spacial score (nSPS) is 22.5. The number of nitrogens with zero attached hydrogens (tertiary/aromatic N) is 3. The molecule has 0 aliphatic carbocycles. The van der Waals surface area contributed by atoms with Crippen LogP contribution in [0.1, 0.15) is 43.1 Å². The largest absolute Gasteiger partial charge is 0.345 e. The number of hydrogen-bond donors (Lipinski definition) is 1. The molecule has 1 aromatic heterocycles. The minimum Gasteiger partial charge on any atom is -0.345 e. The van der Waals surface area contributed by atoms with E-state index >= 15 is 0 Å². The number of aromatic nitrogens is 1. The summed E-state index contributed by atoms with van der Waals surface area (Å²) in [6.45, 7) is 5.19. The molecule has 9 heteroatoms. The molecule has 2 saturated heterocycles. The van der Waals surface area contributed by atoms with Crippen molar-refractivity contribution in [2.45, 2.75) is 37.5 Å². The Morgan fingerprint density at radius 1 is 1.22 bits per heavy atom. The van der Waals surface area contributed by atoms with Crippen molar-refractivity contribution in [3.63, 3.8) is 0 Å². The van der Waals surface area contributed by atoms with E-state index in [2.05, 4.69) is 6.92 Å². The van der Waals surface area contributed by atoms with Crippen molar-refractivity contribution in [2.24, 2.45) is 24.6 Å². The smallest absolute Gasteiger partial charge is 0.270 e. The topological polar surface area (TPSA) is 88.6 Å². The molecule has 2 fully saturated rings. The molecule has 3 heterocycles. The molecule has 1 unspecified atom stereocenters. The van der Waals surface area contributed by atoms with Crippen LogP contribution in [0.3, 0.4) is 0 Å². The summed E-state index contributed by atoms with van der Waals surface area (Å²) in [4.78, 5) is 14.9.